The van der Waals surface area contributed by atoms with E-state index >= 15 is 0 Å². The Bertz CT molecular complexity index is 609. The molecule has 0 bridgehead atoms. The standard InChI is InChI=1S/C15H22N6O/c1-12-18-13(10-14(19-12)20(2)3)16-6-7-17-15(22)11-21-8-4-5-9-21/h4-5,8-10H,6-7,11H2,1-3H3,(H,17,22)(H,16,18,19). The van der Waals surface area contributed by atoms with E-state index in [0.717, 1.165) is 11.6 Å². The summed E-state index contributed by atoms with van der Waals surface area (Å²) >= 11 is 0. The van der Waals surface area contributed by atoms with Gasteiger partial charge in [0.15, 0.2) is 0 Å². The summed E-state index contributed by atoms with van der Waals surface area (Å²) in [6.07, 6.45) is 3.73. The second kappa shape index (κ2) is 7.44. The van der Waals surface area contributed by atoms with Gasteiger partial charge in [0.2, 0.25) is 5.91 Å². The highest BCUT2D eigenvalue weighted by atomic mass is 16.1. The van der Waals surface area contributed by atoms with Crippen LogP contribution in [0.4, 0.5) is 11.6 Å². The molecule has 7 heteroatoms. The Balaban J connectivity index is 1.75. The van der Waals surface area contributed by atoms with Crippen molar-refractivity contribution in [1.82, 2.24) is 19.9 Å². The van der Waals surface area contributed by atoms with Crippen LogP contribution in [0.3, 0.4) is 0 Å². The summed E-state index contributed by atoms with van der Waals surface area (Å²) in [4.78, 5) is 22.3. The van der Waals surface area contributed by atoms with Gasteiger partial charge in [-0.3, -0.25) is 4.79 Å². The molecule has 2 aromatic heterocycles. The normalized spacial score (nSPS) is 10.3. The third kappa shape index (κ3) is 4.76. The van der Waals surface area contributed by atoms with Crippen LogP contribution in [-0.2, 0) is 11.3 Å². The summed E-state index contributed by atoms with van der Waals surface area (Å²) < 4.78 is 1.83. The molecule has 118 valence electrons. The van der Waals surface area contributed by atoms with Crippen molar-refractivity contribution in [1.29, 1.82) is 0 Å². The van der Waals surface area contributed by atoms with Gasteiger partial charge in [0.1, 0.15) is 24.0 Å². The Morgan fingerprint density at radius 2 is 1.95 bits per heavy atom. The number of amides is 1. The van der Waals surface area contributed by atoms with E-state index in [1.54, 1.807) is 0 Å². The van der Waals surface area contributed by atoms with Crippen molar-refractivity contribution in [3.63, 3.8) is 0 Å². The number of nitrogens with zero attached hydrogens (tertiary/aromatic N) is 4. The molecule has 1 amide bonds. The lowest BCUT2D eigenvalue weighted by molar-refractivity contribution is -0.121. The summed E-state index contributed by atoms with van der Waals surface area (Å²) in [7, 11) is 3.88. The van der Waals surface area contributed by atoms with E-state index in [-0.39, 0.29) is 5.91 Å². The molecule has 0 atom stereocenters. The maximum atomic E-state index is 11.7. The van der Waals surface area contributed by atoms with Crippen molar-refractivity contribution in [3.8, 4) is 0 Å². The minimum Gasteiger partial charge on any atom is -0.368 e. The lowest BCUT2D eigenvalue weighted by Crippen LogP contribution is -2.31. The van der Waals surface area contributed by atoms with E-state index in [1.165, 1.54) is 0 Å². The predicted molar refractivity (Wildman–Crippen MR) is 87.0 cm³/mol. The number of rotatable bonds is 7. The Kier molecular flexibility index (Phi) is 5.35. The predicted octanol–water partition coefficient (Wildman–Crippen LogP) is 0.881. The SMILES string of the molecule is Cc1nc(NCCNC(=O)Cn2cccc2)cc(N(C)C)n1. The lowest BCUT2D eigenvalue weighted by atomic mass is 10.4. The Hall–Kier alpha value is -2.57. The second-order valence-electron chi connectivity index (χ2n) is 5.19. The van der Waals surface area contributed by atoms with Crippen molar-refractivity contribution in [2.75, 3.05) is 37.4 Å². The first kappa shape index (κ1) is 15.8. The fraction of sp³-hybridized carbons (Fsp3) is 0.400. The van der Waals surface area contributed by atoms with Crippen molar-refractivity contribution in [3.05, 3.63) is 36.4 Å². The van der Waals surface area contributed by atoms with Crippen LogP contribution in [0.25, 0.3) is 0 Å². The molecule has 0 aromatic carbocycles. The van der Waals surface area contributed by atoms with Crippen LogP contribution in [0.1, 0.15) is 5.82 Å². The van der Waals surface area contributed by atoms with Gasteiger partial charge in [-0.1, -0.05) is 0 Å². The molecule has 0 spiro atoms. The molecule has 0 aliphatic heterocycles. The highest BCUT2D eigenvalue weighted by molar-refractivity contribution is 5.75. The van der Waals surface area contributed by atoms with Crippen LogP contribution >= 0.6 is 0 Å². The van der Waals surface area contributed by atoms with Crippen LogP contribution in [0.15, 0.2) is 30.6 Å². The molecule has 0 aliphatic carbocycles. The molecule has 7 nitrogen and oxygen atoms in total. The lowest BCUT2D eigenvalue weighted by Gasteiger charge is -2.14. The molecule has 0 aliphatic rings. The number of anilines is 2. The minimum absolute atomic E-state index is 0.00847. The third-order valence-corrected chi connectivity index (χ3v) is 3.03. The van der Waals surface area contributed by atoms with E-state index in [1.807, 2.05) is 61.1 Å². The monoisotopic (exact) mass is 302 g/mol. The first-order valence-electron chi connectivity index (χ1n) is 7.19. The summed E-state index contributed by atoms with van der Waals surface area (Å²) in [5.74, 6) is 2.32. The van der Waals surface area contributed by atoms with Crippen molar-refractivity contribution in [2.24, 2.45) is 0 Å². The van der Waals surface area contributed by atoms with Gasteiger partial charge in [-0.2, -0.15) is 0 Å². The molecular formula is C15H22N6O. The van der Waals surface area contributed by atoms with Crippen LogP contribution in [-0.4, -0.2) is 47.6 Å². The van der Waals surface area contributed by atoms with E-state index in [0.29, 0.717) is 25.5 Å². The van der Waals surface area contributed by atoms with Gasteiger partial charge in [-0.25, -0.2) is 9.97 Å². The van der Waals surface area contributed by atoms with Gasteiger partial charge in [0, 0.05) is 45.6 Å². The van der Waals surface area contributed by atoms with Gasteiger partial charge in [0.25, 0.3) is 0 Å². The zero-order valence-electron chi connectivity index (χ0n) is 13.2. The van der Waals surface area contributed by atoms with Crippen LogP contribution in [0.2, 0.25) is 0 Å². The fourth-order valence-electron chi connectivity index (χ4n) is 1.96. The van der Waals surface area contributed by atoms with Gasteiger partial charge in [-0.05, 0) is 19.1 Å². The molecule has 22 heavy (non-hydrogen) atoms. The maximum Gasteiger partial charge on any atom is 0.239 e. The molecule has 2 heterocycles. The van der Waals surface area contributed by atoms with Gasteiger partial charge < -0.3 is 20.1 Å². The molecule has 0 saturated heterocycles. The highest BCUT2D eigenvalue weighted by Gasteiger charge is 2.04. The molecule has 2 rings (SSSR count). The number of carbonyl (C=O) groups excluding carboxylic acids is 1. The van der Waals surface area contributed by atoms with E-state index < -0.39 is 0 Å². The number of aryl methyl sites for hydroxylation is 1. The van der Waals surface area contributed by atoms with Crippen LogP contribution in [0.5, 0.6) is 0 Å². The van der Waals surface area contributed by atoms with E-state index in [4.69, 9.17) is 0 Å². The number of nitrogens with one attached hydrogen (secondary N) is 2. The number of hydrogen-bond acceptors (Lipinski definition) is 5. The zero-order chi connectivity index (χ0) is 15.9. The summed E-state index contributed by atoms with van der Waals surface area (Å²) in [5.41, 5.74) is 0. The Morgan fingerprint density at radius 3 is 2.64 bits per heavy atom. The molecule has 2 aromatic rings. The number of aromatic nitrogens is 3. The van der Waals surface area contributed by atoms with Crippen molar-refractivity contribution < 1.29 is 4.79 Å². The average Bonchev–Trinajstić information content (AvgIpc) is 2.96. The molecule has 0 unspecified atom stereocenters. The average molecular weight is 302 g/mol. The van der Waals surface area contributed by atoms with E-state index in [2.05, 4.69) is 20.6 Å². The molecule has 0 saturated carbocycles. The second-order valence-corrected chi connectivity index (χ2v) is 5.19. The largest absolute Gasteiger partial charge is 0.368 e. The third-order valence-electron chi connectivity index (χ3n) is 3.03. The summed E-state index contributed by atoms with van der Waals surface area (Å²) in [6.45, 7) is 3.35. The molecule has 0 radical (unpaired) electrons. The summed E-state index contributed by atoms with van der Waals surface area (Å²) in [6, 6.07) is 5.68. The minimum atomic E-state index is -0.00847. The van der Waals surface area contributed by atoms with E-state index in [9.17, 15) is 4.79 Å². The topological polar surface area (TPSA) is 75.1 Å². The first-order valence-corrected chi connectivity index (χ1v) is 7.19. The Labute approximate surface area is 130 Å². The van der Waals surface area contributed by atoms with Crippen molar-refractivity contribution in [2.45, 2.75) is 13.5 Å². The molecule has 2 N–H and O–H groups in total. The quantitative estimate of drug-likeness (QED) is 0.743. The fourth-order valence-corrected chi connectivity index (χ4v) is 1.96. The number of carbonyl (C=O) groups is 1. The van der Waals surface area contributed by atoms with Gasteiger partial charge in [-0.15, -0.1) is 0 Å². The number of hydrogen-bond donors (Lipinski definition) is 2. The van der Waals surface area contributed by atoms with Gasteiger partial charge in [0.05, 0.1) is 0 Å². The van der Waals surface area contributed by atoms with Crippen LogP contribution in [0, 0.1) is 6.92 Å². The maximum absolute atomic E-state index is 11.7. The smallest absolute Gasteiger partial charge is 0.239 e. The first-order chi connectivity index (χ1) is 10.5. The van der Waals surface area contributed by atoms with Crippen LogP contribution < -0.4 is 15.5 Å². The summed E-state index contributed by atoms with van der Waals surface area (Å²) in [5, 5.41) is 6.06. The van der Waals surface area contributed by atoms with Gasteiger partial charge >= 0.3 is 0 Å². The Morgan fingerprint density at radius 1 is 1.23 bits per heavy atom. The van der Waals surface area contributed by atoms with Crippen molar-refractivity contribution >= 4 is 17.5 Å². The molecule has 0 fully saturated rings. The molecular weight excluding hydrogens is 280 g/mol. The zero-order valence-corrected chi connectivity index (χ0v) is 13.2. The highest BCUT2D eigenvalue weighted by Crippen LogP contribution is 2.12.